The maximum atomic E-state index is 5.64. The predicted molar refractivity (Wildman–Crippen MR) is 104 cm³/mol. The standard InChI is InChI=1S/C22H25NO3/c1-18-19-12-7-8-14-21(19)23-22(26-17-11-5-10-16-25-3)20(18)13-6-4-9-15-24-2/h7-8,12,14H,4-5,9-10,15-16H2,1-3H3. The van der Waals surface area contributed by atoms with Crippen LogP contribution in [0.15, 0.2) is 24.3 Å². The lowest BCUT2D eigenvalue weighted by Crippen LogP contribution is -1.97. The number of aromatic nitrogens is 1. The van der Waals surface area contributed by atoms with Gasteiger partial charge in [-0.15, -0.1) is 0 Å². The van der Waals surface area contributed by atoms with Gasteiger partial charge in [-0.3, -0.25) is 0 Å². The van der Waals surface area contributed by atoms with E-state index in [1.165, 1.54) is 0 Å². The highest BCUT2D eigenvalue weighted by Gasteiger charge is 2.11. The summed E-state index contributed by atoms with van der Waals surface area (Å²) in [5, 5.41) is 1.08. The van der Waals surface area contributed by atoms with Gasteiger partial charge in [0.25, 0.3) is 0 Å². The Bertz CT molecular complexity index is 837. The zero-order chi connectivity index (χ0) is 18.6. The number of fused-ring (bicyclic) bond motifs is 1. The first kappa shape index (κ1) is 19.8. The van der Waals surface area contributed by atoms with Crippen molar-refractivity contribution in [3.63, 3.8) is 0 Å². The zero-order valence-corrected chi connectivity index (χ0v) is 15.7. The van der Waals surface area contributed by atoms with Crippen LogP contribution < -0.4 is 4.74 Å². The van der Waals surface area contributed by atoms with Crippen LogP contribution in [0.4, 0.5) is 0 Å². The SMILES string of the molecule is COCCCC#COc1nc2ccccc2c(C)c1C#CCCCOC. The van der Waals surface area contributed by atoms with E-state index < -0.39 is 0 Å². The number of pyridine rings is 1. The number of methoxy groups -OCH3 is 2. The summed E-state index contributed by atoms with van der Waals surface area (Å²) < 4.78 is 15.7. The molecule has 0 unspecified atom stereocenters. The van der Waals surface area contributed by atoms with Crippen LogP contribution in [-0.4, -0.2) is 32.4 Å². The van der Waals surface area contributed by atoms with Crippen molar-refractivity contribution in [2.45, 2.75) is 32.6 Å². The summed E-state index contributed by atoms with van der Waals surface area (Å²) in [7, 11) is 3.38. The van der Waals surface area contributed by atoms with Gasteiger partial charge in [0.1, 0.15) is 6.11 Å². The van der Waals surface area contributed by atoms with Crippen molar-refractivity contribution < 1.29 is 14.2 Å². The molecule has 2 aromatic rings. The van der Waals surface area contributed by atoms with E-state index in [0.29, 0.717) is 19.1 Å². The molecule has 0 atom stereocenters. The summed E-state index contributed by atoms with van der Waals surface area (Å²) in [6, 6.07) is 7.99. The number of nitrogens with zero attached hydrogens (tertiary/aromatic N) is 1. The van der Waals surface area contributed by atoms with Gasteiger partial charge in [-0.2, -0.15) is 0 Å². The largest absolute Gasteiger partial charge is 0.386 e. The third-order valence-electron chi connectivity index (χ3n) is 3.85. The number of aryl methyl sites for hydroxylation is 1. The van der Waals surface area contributed by atoms with E-state index in [9.17, 15) is 0 Å². The Kier molecular flexibility index (Phi) is 8.49. The first-order valence-electron chi connectivity index (χ1n) is 8.78. The van der Waals surface area contributed by atoms with Crippen molar-refractivity contribution in [1.82, 2.24) is 4.98 Å². The van der Waals surface area contributed by atoms with Crippen LogP contribution in [0, 0.1) is 30.8 Å². The fourth-order valence-electron chi connectivity index (χ4n) is 2.47. The van der Waals surface area contributed by atoms with Crippen molar-refractivity contribution in [3.8, 4) is 29.7 Å². The normalized spacial score (nSPS) is 9.96. The zero-order valence-electron chi connectivity index (χ0n) is 15.7. The lowest BCUT2D eigenvalue weighted by atomic mass is 10.0. The van der Waals surface area contributed by atoms with Crippen LogP contribution in [0.1, 0.15) is 36.8 Å². The Morgan fingerprint density at radius 2 is 1.65 bits per heavy atom. The molecule has 0 radical (unpaired) electrons. The number of rotatable bonds is 7. The Morgan fingerprint density at radius 3 is 2.38 bits per heavy atom. The summed E-state index contributed by atoms with van der Waals surface area (Å²) in [5.74, 6) is 9.86. The Hall–Kier alpha value is -2.53. The molecule has 2 rings (SSSR count). The molecule has 0 aliphatic carbocycles. The highest BCUT2D eigenvalue weighted by atomic mass is 16.5. The first-order valence-corrected chi connectivity index (χ1v) is 8.78. The molecule has 4 nitrogen and oxygen atoms in total. The molecule has 1 aromatic carbocycles. The average Bonchev–Trinajstić information content (AvgIpc) is 2.66. The number of ether oxygens (including phenoxy) is 3. The van der Waals surface area contributed by atoms with Crippen molar-refractivity contribution >= 4 is 10.9 Å². The second kappa shape index (κ2) is 11.2. The number of unbranched alkanes of at least 4 members (excludes halogenated alkanes) is 2. The molecule has 1 aromatic heterocycles. The third kappa shape index (κ3) is 5.77. The van der Waals surface area contributed by atoms with Crippen molar-refractivity contribution in [2.24, 2.45) is 0 Å². The van der Waals surface area contributed by atoms with Crippen LogP contribution in [0.3, 0.4) is 0 Å². The van der Waals surface area contributed by atoms with E-state index >= 15 is 0 Å². The molecule has 0 bridgehead atoms. The predicted octanol–water partition coefficient (Wildman–Crippen LogP) is 4.09. The fraction of sp³-hybridized carbons (Fsp3) is 0.409. The molecule has 0 aliphatic rings. The van der Waals surface area contributed by atoms with Crippen LogP contribution in [0.25, 0.3) is 10.9 Å². The van der Waals surface area contributed by atoms with E-state index in [1.54, 1.807) is 14.2 Å². The molecule has 136 valence electrons. The lowest BCUT2D eigenvalue weighted by Gasteiger charge is -2.08. The Balaban J connectivity index is 2.25. The minimum absolute atomic E-state index is 0.472. The smallest absolute Gasteiger partial charge is 0.247 e. The topological polar surface area (TPSA) is 40.6 Å². The van der Waals surface area contributed by atoms with Crippen molar-refractivity contribution in [3.05, 3.63) is 35.4 Å². The van der Waals surface area contributed by atoms with Crippen LogP contribution in [0.5, 0.6) is 5.88 Å². The van der Waals surface area contributed by atoms with E-state index in [2.05, 4.69) is 28.9 Å². The van der Waals surface area contributed by atoms with E-state index in [4.69, 9.17) is 14.2 Å². The van der Waals surface area contributed by atoms with Crippen LogP contribution in [-0.2, 0) is 9.47 Å². The van der Waals surface area contributed by atoms with Gasteiger partial charge in [-0.05, 0) is 31.4 Å². The van der Waals surface area contributed by atoms with Gasteiger partial charge >= 0.3 is 0 Å². The molecule has 0 aliphatic heterocycles. The van der Waals surface area contributed by atoms with Crippen LogP contribution >= 0.6 is 0 Å². The molecule has 26 heavy (non-hydrogen) atoms. The number of benzene rings is 1. The maximum absolute atomic E-state index is 5.64. The molecule has 0 N–H and O–H groups in total. The fourth-order valence-corrected chi connectivity index (χ4v) is 2.47. The highest BCUT2D eigenvalue weighted by Crippen LogP contribution is 2.26. The Morgan fingerprint density at radius 1 is 0.962 bits per heavy atom. The van der Waals surface area contributed by atoms with Crippen molar-refractivity contribution in [1.29, 1.82) is 0 Å². The molecule has 0 saturated carbocycles. The maximum Gasteiger partial charge on any atom is 0.247 e. The molecule has 1 heterocycles. The number of para-hydroxylation sites is 1. The van der Waals surface area contributed by atoms with Gasteiger partial charge in [0, 0.05) is 45.7 Å². The summed E-state index contributed by atoms with van der Waals surface area (Å²) >= 11 is 0. The minimum atomic E-state index is 0.472. The van der Waals surface area contributed by atoms with Gasteiger partial charge in [0.15, 0.2) is 0 Å². The second-order valence-electron chi connectivity index (χ2n) is 5.81. The second-order valence-corrected chi connectivity index (χ2v) is 5.81. The molecule has 0 saturated heterocycles. The monoisotopic (exact) mass is 351 g/mol. The quantitative estimate of drug-likeness (QED) is 0.556. The summed E-state index contributed by atoms with van der Waals surface area (Å²) in [4.78, 5) is 4.61. The molecule has 0 amide bonds. The third-order valence-corrected chi connectivity index (χ3v) is 3.85. The van der Waals surface area contributed by atoms with E-state index in [1.807, 2.05) is 31.2 Å². The highest BCUT2D eigenvalue weighted by molar-refractivity contribution is 5.85. The van der Waals surface area contributed by atoms with Gasteiger partial charge in [0.2, 0.25) is 5.88 Å². The number of hydrogen-bond donors (Lipinski definition) is 0. The Labute approximate surface area is 155 Å². The molecule has 4 heteroatoms. The van der Waals surface area contributed by atoms with E-state index in [-0.39, 0.29) is 0 Å². The lowest BCUT2D eigenvalue weighted by molar-refractivity contribution is 0.196. The van der Waals surface area contributed by atoms with Gasteiger partial charge in [-0.25, -0.2) is 4.98 Å². The summed E-state index contributed by atoms with van der Waals surface area (Å²) in [6.45, 7) is 3.45. The summed E-state index contributed by atoms with van der Waals surface area (Å²) in [6.07, 6.45) is 6.01. The first-order chi connectivity index (χ1) is 12.8. The minimum Gasteiger partial charge on any atom is -0.386 e. The molecular weight excluding hydrogens is 326 g/mol. The van der Waals surface area contributed by atoms with Gasteiger partial charge in [-0.1, -0.05) is 36.0 Å². The summed E-state index contributed by atoms with van der Waals surface area (Å²) in [5.41, 5.74) is 2.74. The van der Waals surface area contributed by atoms with Crippen molar-refractivity contribution in [2.75, 3.05) is 27.4 Å². The molecule has 0 fully saturated rings. The van der Waals surface area contributed by atoms with Crippen LogP contribution in [0.2, 0.25) is 0 Å². The average molecular weight is 351 g/mol. The molecule has 0 spiro atoms. The number of hydrogen-bond acceptors (Lipinski definition) is 4. The van der Waals surface area contributed by atoms with Gasteiger partial charge in [0.05, 0.1) is 11.1 Å². The van der Waals surface area contributed by atoms with Gasteiger partial charge < -0.3 is 14.2 Å². The molecular formula is C22H25NO3. The van der Waals surface area contributed by atoms with E-state index in [0.717, 1.165) is 47.7 Å².